The van der Waals surface area contributed by atoms with E-state index in [0.29, 0.717) is 28.2 Å². The van der Waals surface area contributed by atoms with Crippen LogP contribution in [0.1, 0.15) is 39.0 Å². The summed E-state index contributed by atoms with van der Waals surface area (Å²) < 4.78 is 13.1. The molecule has 1 heterocycles. The van der Waals surface area contributed by atoms with Gasteiger partial charge in [-0.25, -0.2) is 4.39 Å². The molecule has 0 bridgehead atoms. The van der Waals surface area contributed by atoms with Gasteiger partial charge in [0.1, 0.15) is 11.5 Å². The molecule has 0 saturated heterocycles. The van der Waals surface area contributed by atoms with Gasteiger partial charge in [-0.2, -0.15) is 0 Å². The summed E-state index contributed by atoms with van der Waals surface area (Å²) in [6.45, 7) is 4.88. The second kappa shape index (κ2) is 5.69. The Bertz CT molecular complexity index is 738. The number of aromatic amines is 1. The van der Waals surface area contributed by atoms with Crippen LogP contribution in [0.25, 0.3) is 0 Å². The number of ketones is 1. The molecule has 0 radical (unpaired) electrons. The number of benzene rings is 1. The van der Waals surface area contributed by atoms with Crippen molar-refractivity contribution < 1.29 is 14.0 Å². The smallest absolute Gasteiger partial charge is 0.272 e. The van der Waals surface area contributed by atoms with Crippen molar-refractivity contribution >= 4 is 29.0 Å². The first-order chi connectivity index (χ1) is 9.81. The Balaban J connectivity index is 2.31. The molecule has 2 rings (SSSR count). The number of carbonyl (C=O) groups is 2. The summed E-state index contributed by atoms with van der Waals surface area (Å²) >= 11 is 5.67. The number of carbonyl (C=O) groups excluding carboxylic acids is 2. The summed E-state index contributed by atoms with van der Waals surface area (Å²) in [6, 6.07) is 3.91. The first-order valence-electron chi connectivity index (χ1n) is 6.27. The monoisotopic (exact) mass is 308 g/mol. The second-order valence-corrected chi connectivity index (χ2v) is 5.17. The van der Waals surface area contributed by atoms with Gasteiger partial charge in [-0.1, -0.05) is 11.6 Å². The van der Waals surface area contributed by atoms with Crippen LogP contribution in [0, 0.1) is 19.7 Å². The number of halogens is 2. The van der Waals surface area contributed by atoms with Gasteiger partial charge in [-0.3, -0.25) is 9.59 Å². The number of hydrogen-bond acceptors (Lipinski definition) is 2. The molecule has 0 aliphatic rings. The highest BCUT2D eigenvalue weighted by molar-refractivity contribution is 6.31. The van der Waals surface area contributed by atoms with Crippen molar-refractivity contribution in [3.05, 3.63) is 51.6 Å². The SMILES string of the molecule is CC(=O)c1c(C)[nH]c(C(=O)Nc2ccc(F)c(Cl)c2)c1C. The second-order valence-electron chi connectivity index (χ2n) is 4.76. The average molecular weight is 309 g/mol. The number of nitrogens with one attached hydrogen (secondary N) is 2. The van der Waals surface area contributed by atoms with Gasteiger partial charge in [-0.05, 0) is 44.5 Å². The van der Waals surface area contributed by atoms with Gasteiger partial charge in [0.05, 0.1) is 5.02 Å². The van der Waals surface area contributed by atoms with E-state index in [0.717, 1.165) is 0 Å². The van der Waals surface area contributed by atoms with Crippen LogP contribution < -0.4 is 5.32 Å². The highest BCUT2D eigenvalue weighted by Gasteiger charge is 2.19. The summed E-state index contributed by atoms with van der Waals surface area (Å²) in [5.41, 5.74) is 2.42. The minimum Gasteiger partial charge on any atom is -0.354 e. The van der Waals surface area contributed by atoms with Gasteiger partial charge in [0.25, 0.3) is 5.91 Å². The van der Waals surface area contributed by atoms with E-state index in [-0.39, 0.29) is 10.8 Å². The normalized spacial score (nSPS) is 10.5. The van der Waals surface area contributed by atoms with Crippen LogP contribution in [0.15, 0.2) is 18.2 Å². The molecule has 0 unspecified atom stereocenters. The Morgan fingerprint density at radius 1 is 1.29 bits per heavy atom. The molecule has 6 heteroatoms. The number of Topliss-reactive ketones (excluding diaryl/α,β-unsaturated/α-hetero) is 1. The molecule has 1 aromatic heterocycles. The zero-order valence-corrected chi connectivity index (χ0v) is 12.6. The molecule has 2 aromatic rings. The van der Waals surface area contributed by atoms with Gasteiger partial charge >= 0.3 is 0 Å². The quantitative estimate of drug-likeness (QED) is 0.845. The van der Waals surface area contributed by atoms with E-state index in [9.17, 15) is 14.0 Å². The molecule has 0 spiro atoms. The molecule has 0 aliphatic heterocycles. The van der Waals surface area contributed by atoms with Crippen LogP contribution in [0.4, 0.5) is 10.1 Å². The number of amides is 1. The van der Waals surface area contributed by atoms with Crippen molar-refractivity contribution in [3.63, 3.8) is 0 Å². The topological polar surface area (TPSA) is 62.0 Å². The van der Waals surface area contributed by atoms with Crippen molar-refractivity contribution in [2.24, 2.45) is 0 Å². The van der Waals surface area contributed by atoms with E-state index in [1.165, 1.54) is 25.1 Å². The number of anilines is 1. The largest absolute Gasteiger partial charge is 0.354 e. The molecule has 110 valence electrons. The maximum atomic E-state index is 13.1. The molecule has 0 atom stereocenters. The van der Waals surface area contributed by atoms with E-state index in [1.54, 1.807) is 13.8 Å². The van der Waals surface area contributed by atoms with E-state index in [1.807, 2.05) is 0 Å². The van der Waals surface area contributed by atoms with E-state index in [4.69, 9.17) is 11.6 Å². The lowest BCUT2D eigenvalue weighted by Gasteiger charge is -2.06. The summed E-state index contributed by atoms with van der Waals surface area (Å²) in [6.07, 6.45) is 0. The van der Waals surface area contributed by atoms with Gasteiger partial charge in [-0.15, -0.1) is 0 Å². The van der Waals surface area contributed by atoms with Crippen LogP contribution in [0.5, 0.6) is 0 Å². The first-order valence-corrected chi connectivity index (χ1v) is 6.65. The van der Waals surface area contributed by atoms with Crippen molar-refractivity contribution in [2.45, 2.75) is 20.8 Å². The molecule has 2 N–H and O–H groups in total. The van der Waals surface area contributed by atoms with Gasteiger partial charge in [0, 0.05) is 16.9 Å². The number of rotatable bonds is 3. The Morgan fingerprint density at radius 2 is 1.95 bits per heavy atom. The Hall–Kier alpha value is -2.14. The van der Waals surface area contributed by atoms with Crippen LogP contribution in [0.3, 0.4) is 0 Å². The van der Waals surface area contributed by atoms with Gasteiger partial charge in [0.15, 0.2) is 5.78 Å². The van der Waals surface area contributed by atoms with E-state index in [2.05, 4.69) is 10.3 Å². The van der Waals surface area contributed by atoms with E-state index >= 15 is 0 Å². The fraction of sp³-hybridized carbons (Fsp3) is 0.200. The molecular formula is C15H14ClFN2O2. The average Bonchev–Trinajstić information content (AvgIpc) is 2.69. The van der Waals surface area contributed by atoms with Crippen LogP contribution in [0.2, 0.25) is 5.02 Å². The molecule has 4 nitrogen and oxygen atoms in total. The third-order valence-corrected chi connectivity index (χ3v) is 3.48. The van der Waals surface area contributed by atoms with Gasteiger partial charge < -0.3 is 10.3 Å². The summed E-state index contributed by atoms with van der Waals surface area (Å²) in [4.78, 5) is 26.7. The summed E-state index contributed by atoms with van der Waals surface area (Å²) in [5, 5.41) is 2.54. The predicted octanol–water partition coefficient (Wildman–Crippen LogP) is 3.88. The highest BCUT2D eigenvalue weighted by Crippen LogP contribution is 2.22. The Labute approximate surface area is 126 Å². The maximum absolute atomic E-state index is 13.1. The molecule has 1 amide bonds. The maximum Gasteiger partial charge on any atom is 0.272 e. The zero-order valence-electron chi connectivity index (χ0n) is 11.8. The fourth-order valence-corrected chi connectivity index (χ4v) is 2.45. The van der Waals surface area contributed by atoms with Crippen molar-refractivity contribution in [3.8, 4) is 0 Å². The molecule has 21 heavy (non-hydrogen) atoms. The Kier molecular flexibility index (Phi) is 4.14. The highest BCUT2D eigenvalue weighted by atomic mass is 35.5. The van der Waals surface area contributed by atoms with E-state index < -0.39 is 11.7 Å². The van der Waals surface area contributed by atoms with Crippen molar-refractivity contribution in [1.82, 2.24) is 4.98 Å². The van der Waals surface area contributed by atoms with Crippen LogP contribution in [-0.2, 0) is 0 Å². The third kappa shape index (κ3) is 2.97. The lowest BCUT2D eigenvalue weighted by Crippen LogP contribution is -2.14. The summed E-state index contributed by atoms with van der Waals surface area (Å²) in [7, 11) is 0. The van der Waals surface area contributed by atoms with Crippen LogP contribution >= 0.6 is 11.6 Å². The third-order valence-electron chi connectivity index (χ3n) is 3.19. The van der Waals surface area contributed by atoms with Gasteiger partial charge in [0.2, 0.25) is 0 Å². The number of H-pyrrole nitrogens is 1. The standard InChI is InChI=1S/C15H14ClFN2O2/c1-7-13(9(3)20)8(2)18-14(7)15(21)19-10-4-5-12(17)11(16)6-10/h4-6,18H,1-3H3,(H,19,21). The predicted molar refractivity (Wildman–Crippen MR) is 79.6 cm³/mol. The molecule has 0 fully saturated rings. The number of aryl methyl sites for hydroxylation is 1. The lowest BCUT2D eigenvalue weighted by molar-refractivity contribution is 0.101. The van der Waals surface area contributed by atoms with Crippen molar-refractivity contribution in [1.29, 1.82) is 0 Å². The fourth-order valence-electron chi connectivity index (χ4n) is 2.27. The minimum absolute atomic E-state index is 0.0726. The molecule has 0 aliphatic carbocycles. The Morgan fingerprint density at radius 3 is 2.48 bits per heavy atom. The minimum atomic E-state index is -0.555. The number of hydrogen-bond donors (Lipinski definition) is 2. The lowest BCUT2D eigenvalue weighted by atomic mass is 10.1. The van der Waals surface area contributed by atoms with Crippen LogP contribution in [-0.4, -0.2) is 16.7 Å². The van der Waals surface area contributed by atoms with Crippen molar-refractivity contribution in [2.75, 3.05) is 5.32 Å². The zero-order chi connectivity index (χ0) is 15.7. The first kappa shape index (κ1) is 15.3. The molecule has 0 saturated carbocycles. The molecular weight excluding hydrogens is 295 g/mol. The summed E-state index contributed by atoms with van der Waals surface area (Å²) in [5.74, 6) is -1.07. The number of aromatic nitrogens is 1. The molecule has 1 aromatic carbocycles.